The molecule has 0 amide bonds. The standard InChI is InChI=1S/C12H19NOS/c1-12(2,10-13)8-9-15(14)11-6-4-3-5-7-11/h3-7H,8-10,13H2,1-2H3. The Hall–Kier alpha value is -0.670. The third-order valence-electron chi connectivity index (χ3n) is 2.52. The summed E-state index contributed by atoms with van der Waals surface area (Å²) in [6.45, 7) is 4.85. The van der Waals surface area contributed by atoms with Crippen molar-refractivity contribution in [1.82, 2.24) is 0 Å². The van der Waals surface area contributed by atoms with Gasteiger partial charge in [0.1, 0.15) is 0 Å². The molecule has 0 spiro atoms. The Kier molecular flexibility index (Phi) is 4.48. The van der Waals surface area contributed by atoms with Crippen molar-refractivity contribution in [3.63, 3.8) is 0 Å². The monoisotopic (exact) mass is 225 g/mol. The first-order chi connectivity index (χ1) is 7.05. The van der Waals surface area contributed by atoms with Crippen LogP contribution in [-0.4, -0.2) is 16.5 Å². The van der Waals surface area contributed by atoms with E-state index in [4.69, 9.17) is 5.73 Å². The van der Waals surface area contributed by atoms with Gasteiger partial charge in [-0.05, 0) is 30.5 Å². The van der Waals surface area contributed by atoms with Crippen molar-refractivity contribution in [1.29, 1.82) is 0 Å². The first-order valence-corrected chi connectivity index (χ1v) is 6.50. The van der Waals surface area contributed by atoms with Crippen LogP contribution in [0.25, 0.3) is 0 Å². The largest absolute Gasteiger partial charge is 0.330 e. The molecule has 2 N–H and O–H groups in total. The lowest BCUT2D eigenvalue weighted by Gasteiger charge is -2.21. The van der Waals surface area contributed by atoms with E-state index in [1.165, 1.54) is 0 Å². The molecule has 1 unspecified atom stereocenters. The molecular formula is C12H19NOS. The van der Waals surface area contributed by atoms with E-state index in [0.29, 0.717) is 12.3 Å². The number of hydrogen-bond donors (Lipinski definition) is 1. The summed E-state index contributed by atoms with van der Waals surface area (Å²) in [6.07, 6.45) is 0.894. The lowest BCUT2D eigenvalue weighted by molar-refractivity contribution is 0.367. The molecule has 1 aromatic rings. The molecule has 0 aromatic heterocycles. The van der Waals surface area contributed by atoms with Gasteiger partial charge in [0, 0.05) is 10.6 Å². The van der Waals surface area contributed by atoms with E-state index in [1.54, 1.807) is 0 Å². The number of rotatable bonds is 5. The van der Waals surface area contributed by atoms with Crippen molar-refractivity contribution in [3.8, 4) is 0 Å². The van der Waals surface area contributed by atoms with Gasteiger partial charge in [-0.3, -0.25) is 4.21 Å². The minimum absolute atomic E-state index is 0.0877. The number of benzene rings is 1. The van der Waals surface area contributed by atoms with Crippen LogP contribution in [0, 0.1) is 5.41 Å². The van der Waals surface area contributed by atoms with Crippen molar-refractivity contribution < 1.29 is 4.21 Å². The Balaban J connectivity index is 2.51. The highest BCUT2D eigenvalue weighted by atomic mass is 32.2. The zero-order valence-corrected chi connectivity index (χ0v) is 10.2. The third-order valence-corrected chi connectivity index (χ3v) is 3.90. The second-order valence-electron chi connectivity index (χ2n) is 4.48. The van der Waals surface area contributed by atoms with Gasteiger partial charge in [0.25, 0.3) is 0 Å². The molecule has 0 aliphatic rings. The van der Waals surface area contributed by atoms with Gasteiger partial charge in [0.05, 0.1) is 10.8 Å². The van der Waals surface area contributed by atoms with Gasteiger partial charge >= 0.3 is 0 Å². The molecule has 0 fully saturated rings. The highest BCUT2D eigenvalue weighted by Gasteiger charge is 2.16. The molecule has 84 valence electrons. The summed E-state index contributed by atoms with van der Waals surface area (Å²) in [7, 11) is -0.887. The normalized spacial score (nSPS) is 13.8. The zero-order chi connectivity index (χ0) is 11.3. The minimum atomic E-state index is -0.887. The van der Waals surface area contributed by atoms with E-state index in [1.807, 2.05) is 30.3 Å². The van der Waals surface area contributed by atoms with Crippen LogP contribution < -0.4 is 5.73 Å². The second kappa shape index (κ2) is 5.42. The fourth-order valence-electron chi connectivity index (χ4n) is 1.16. The average Bonchev–Trinajstić information content (AvgIpc) is 2.27. The van der Waals surface area contributed by atoms with Gasteiger partial charge in [-0.2, -0.15) is 0 Å². The van der Waals surface area contributed by atoms with Crippen molar-refractivity contribution >= 4 is 10.8 Å². The second-order valence-corrected chi connectivity index (χ2v) is 6.05. The highest BCUT2D eigenvalue weighted by Crippen LogP contribution is 2.19. The van der Waals surface area contributed by atoms with Gasteiger partial charge in [-0.25, -0.2) is 0 Å². The smallest absolute Gasteiger partial charge is 0.0529 e. The van der Waals surface area contributed by atoms with E-state index < -0.39 is 10.8 Å². The lowest BCUT2D eigenvalue weighted by Crippen LogP contribution is -2.25. The molecule has 0 saturated heterocycles. The van der Waals surface area contributed by atoms with Crippen LogP contribution >= 0.6 is 0 Å². The fourth-order valence-corrected chi connectivity index (χ4v) is 2.60. The maximum atomic E-state index is 11.9. The topological polar surface area (TPSA) is 43.1 Å². The summed E-state index contributed by atoms with van der Waals surface area (Å²) in [5.74, 6) is 0.689. The Morgan fingerprint density at radius 3 is 2.40 bits per heavy atom. The van der Waals surface area contributed by atoms with Crippen LogP contribution in [0.5, 0.6) is 0 Å². The molecule has 0 bridgehead atoms. The van der Waals surface area contributed by atoms with Gasteiger partial charge < -0.3 is 5.73 Å². The maximum Gasteiger partial charge on any atom is 0.0529 e. The summed E-state index contributed by atoms with van der Waals surface area (Å²) in [5.41, 5.74) is 5.72. The van der Waals surface area contributed by atoms with Crippen LogP contribution in [0.4, 0.5) is 0 Å². The molecule has 1 rings (SSSR count). The fraction of sp³-hybridized carbons (Fsp3) is 0.500. The Morgan fingerprint density at radius 1 is 1.27 bits per heavy atom. The summed E-state index contributed by atoms with van der Waals surface area (Å²) in [4.78, 5) is 0.908. The van der Waals surface area contributed by atoms with E-state index in [9.17, 15) is 4.21 Å². The first-order valence-electron chi connectivity index (χ1n) is 5.19. The molecule has 0 aliphatic carbocycles. The SMILES string of the molecule is CC(C)(CN)CCS(=O)c1ccccc1. The van der Waals surface area contributed by atoms with Gasteiger partial charge in [-0.1, -0.05) is 32.0 Å². The first kappa shape index (κ1) is 12.4. The van der Waals surface area contributed by atoms with Crippen LogP contribution in [0.1, 0.15) is 20.3 Å². The Labute approximate surface area is 94.3 Å². The van der Waals surface area contributed by atoms with E-state index in [0.717, 1.165) is 11.3 Å². The zero-order valence-electron chi connectivity index (χ0n) is 9.40. The molecular weight excluding hydrogens is 206 g/mol. The highest BCUT2D eigenvalue weighted by molar-refractivity contribution is 7.85. The van der Waals surface area contributed by atoms with Crippen LogP contribution in [0.2, 0.25) is 0 Å². The summed E-state index contributed by atoms with van der Waals surface area (Å²) in [6, 6.07) is 9.59. The molecule has 3 heteroatoms. The molecule has 0 saturated carbocycles. The number of nitrogens with two attached hydrogens (primary N) is 1. The maximum absolute atomic E-state index is 11.9. The van der Waals surface area contributed by atoms with E-state index >= 15 is 0 Å². The molecule has 1 atom stereocenters. The summed E-state index contributed by atoms with van der Waals surface area (Å²) < 4.78 is 11.9. The van der Waals surface area contributed by atoms with E-state index in [-0.39, 0.29) is 5.41 Å². The predicted octanol–water partition coefficient (Wildman–Crippen LogP) is 2.17. The molecule has 0 aliphatic heterocycles. The van der Waals surface area contributed by atoms with Crippen LogP contribution in [-0.2, 0) is 10.8 Å². The molecule has 1 aromatic carbocycles. The molecule has 2 nitrogen and oxygen atoms in total. The van der Waals surface area contributed by atoms with Gasteiger partial charge in [0.2, 0.25) is 0 Å². The van der Waals surface area contributed by atoms with Gasteiger partial charge in [-0.15, -0.1) is 0 Å². The predicted molar refractivity (Wildman–Crippen MR) is 65.2 cm³/mol. The molecule has 0 heterocycles. The minimum Gasteiger partial charge on any atom is -0.330 e. The van der Waals surface area contributed by atoms with Crippen LogP contribution in [0.15, 0.2) is 35.2 Å². The summed E-state index contributed by atoms with van der Waals surface area (Å²) >= 11 is 0. The van der Waals surface area contributed by atoms with E-state index in [2.05, 4.69) is 13.8 Å². The van der Waals surface area contributed by atoms with Gasteiger partial charge in [0.15, 0.2) is 0 Å². The van der Waals surface area contributed by atoms with Crippen molar-refractivity contribution in [2.45, 2.75) is 25.2 Å². The molecule has 15 heavy (non-hydrogen) atoms. The Morgan fingerprint density at radius 2 is 1.87 bits per heavy atom. The summed E-state index contributed by atoms with van der Waals surface area (Å²) in [5, 5.41) is 0. The lowest BCUT2D eigenvalue weighted by atomic mass is 9.91. The quantitative estimate of drug-likeness (QED) is 0.834. The van der Waals surface area contributed by atoms with Crippen molar-refractivity contribution in [3.05, 3.63) is 30.3 Å². The Bertz CT molecular complexity index is 322. The van der Waals surface area contributed by atoms with Crippen molar-refractivity contribution in [2.24, 2.45) is 11.1 Å². The average molecular weight is 225 g/mol. The van der Waals surface area contributed by atoms with Crippen molar-refractivity contribution in [2.75, 3.05) is 12.3 Å². The van der Waals surface area contributed by atoms with Crippen LogP contribution in [0.3, 0.4) is 0 Å². The number of hydrogen-bond acceptors (Lipinski definition) is 2. The molecule has 0 radical (unpaired) electrons. The third kappa shape index (κ3) is 4.14.